The highest BCUT2D eigenvalue weighted by molar-refractivity contribution is 6.21. The Kier molecular flexibility index (Phi) is 12.9. The number of rotatable bonds is 12. The maximum absolute atomic E-state index is 2.40. The highest BCUT2D eigenvalue weighted by atomic mass is 15.1. The first-order valence-corrected chi connectivity index (χ1v) is 30.1. The molecule has 2 nitrogen and oxygen atoms in total. The van der Waals surface area contributed by atoms with Crippen molar-refractivity contribution in [2.24, 2.45) is 0 Å². The summed E-state index contributed by atoms with van der Waals surface area (Å²) in [6, 6.07) is 107. The van der Waals surface area contributed by atoms with E-state index in [4.69, 9.17) is 0 Å². The van der Waals surface area contributed by atoms with Crippen molar-refractivity contribution in [3.05, 3.63) is 336 Å². The van der Waals surface area contributed by atoms with Gasteiger partial charge in [0.15, 0.2) is 0 Å². The molecule has 13 aromatic rings. The smallest absolute Gasteiger partial charge is 0.0465 e. The molecule has 0 unspecified atom stereocenters. The summed E-state index contributed by atoms with van der Waals surface area (Å²) in [6.45, 7) is 9.48. The zero-order valence-corrected chi connectivity index (χ0v) is 48.9. The van der Waals surface area contributed by atoms with Crippen molar-refractivity contribution in [2.75, 3.05) is 9.80 Å². The third-order valence-corrected chi connectivity index (χ3v) is 18.2. The number of hydrogen-bond donors (Lipinski definition) is 0. The molecule has 2 aliphatic rings. The summed E-state index contributed by atoms with van der Waals surface area (Å²) in [5.41, 5.74) is 26.8. The second-order valence-electron chi connectivity index (χ2n) is 24.1. The summed E-state index contributed by atoms with van der Waals surface area (Å²) < 4.78 is 0. The molecule has 0 heterocycles. The minimum Gasteiger partial charge on any atom is -0.310 e. The number of fused-ring (bicyclic) bond motifs is 8. The monoisotopic (exact) mass is 1100 g/mol. The van der Waals surface area contributed by atoms with E-state index in [2.05, 4.69) is 353 Å². The topological polar surface area (TPSA) is 6.48 Å². The van der Waals surface area contributed by atoms with Gasteiger partial charge in [-0.05, 0) is 183 Å². The van der Waals surface area contributed by atoms with Gasteiger partial charge in [0.05, 0.1) is 0 Å². The van der Waals surface area contributed by atoms with E-state index in [1.807, 2.05) is 0 Å². The molecule has 0 fully saturated rings. The second kappa shape index (κ2) is 21.3. The molecule has 0 aromatic heterocycles. The Hall–Kier alpha value is -10.5. The van der Waals surface area contributed by atoms with Crippen molar-refractivity contribution >= 4 is 80.0 Å². The van der Waals surface area contributed by atoms with Crippen LogP contribution in [-0.4, -0.2) is 0 Å². The van der Waals surface area contributed by atoms with Crippen molar-refractivity contribution in [1.29, 1.82) is 0 Å². The van der Waals surface area contributed by atoms with Crippen molar-refractivity contribution in [2.45, 2.75) is 38.5 Å². The van der Waals surface area contributed by atoms with Gasteiger partial charge in [-0.3, -0.25) is 0 Å². The highest BCUT2D eigenvalue weighted by Gasteiger charge is 2.38. The Morgan fingerprint density at radius 3 is 0.802 bits per heavy atom. The molecule has 0 aliphatic heterocycles. The molecule has 0 saturated carbocycles. The fraction of sp³-hybridized carbons (Fsp3) is 0.0714. The summed E-state index contributed by atoms with van der Waals surface area (Å²) >= 11 is 0. The van der Waals surface area contributed by atoms with Crippen LogP contribution in [0, 0.1) is 0 Å². The molecular formula is C84H64N2. The van der Waals surface area contributed by atoms with Crippen molar-refractivity contribution in [3.8, 4) is 44.5 Å². The molecule has 0 amide bonds. The molecule has 2 heteroatoms. The summed E-state index contributed by atoms with van der Waals surface area (Å²) in [5, 5.41) is 4.99. The molecule has 13 aromatic carbocycles. The van der Waals surface area contributed by atoms with E-state index in [1.54, 1.807) is 0 Å². The Morgan fingerprint density at radius 2 is 0.488 bits per heavy atom. The van der Waals surface area contributed by atoms with E-state index in [1.165, 1.54) is 99.4 Å². The third-order valence-electron chi connectivity index (χ3n) is 18.2. The number of benzene rings is 13. The quantitative estimate of drug-likeness (QED) is 0.0889. The van der Waals surface area contributed by atoms with Crippen LogP contribution in [0.25, 0.3) is 90.4 Å². The van der Waals surface area contributed by atoms with Crippen LogP contribution in [0.5, 0.6) is 0 Å². The average molecular weight is 1100 g/mol. The third kappa shape index (κ3) is 9.14. The summed E-state index contributed by atoms with van der Waals surface area (Å²) in [7, 11) is 0. The van der Waals surface area contributed by atoms with E-state index >= 15 is 0 Å². The van der Waals surface area contributed by atoms with Gasteiger partial charge in [0.1, 0.15) is 0 Å². The van der Waals surface area contributed by atoms with Gasteiger partial charge in [-0.25, -0.2) is 0 Å². The number of nitrogens with zero attached hydrogens (tertiary/aromatic N) is 2. The Labute approximate surface area is 505 Å². The fourth-order valence-corrected chi connectivity index (χ4v) is 13.8. The Bertz CT molecular complexity index is 4320. The lowest BCUT2D eigenvalue weighted by atomic mass is 9.81. The van der Waals surface area contributed by atoms with Crippen molar-refractivity contribution in [1.82, 2.24) is 0 Å². The molecule has 0 bridgehead atoms. The van der Waals surface area contributed by atoms with Crippen LogP contribution < -0.4 is 9.80 Å². The fourth-order valence-electron chi connectivity index (χ4n) is 13.8. The van der Waals surface area contributed by atoms with Crippen molar-refractivity contribution < 1.29 is 0 Å². The van der Waals surface area contributed by atoms with Crippen molar-refractivity contribution in [3.63, 3.8) is 0 Å². The molecule has 15 rings (SSSR count). The minimum absolute atomic E-state index is 0.173. The minimum atomic E-state index is -0.173. The standard InChI is InChI=1S/C84H64N2/c1-83(2)77-53-59(41-49-69(77)71-51-47-67(55-79(71)83)85(63-21-9-5-10-22-63)64-23-11-6-12-24-64)35-33-57-37-43-61(44-38-57)81-73-29-17-19-31-75(73)82(76-32-20-18-30-74(76)81)62-45-39-58(40-46-62)34-36-60-42-50-70-72-52-48-68(56-80(72)84(3,4)78(70)54-60)86(65-25-13-7-14-26-65)66-27-15-8-16-28-66/h5-56H,1-4H3. The summed E-state index contributed by atoms with van der Waals surface area (Å²) in [4.78, 5) is 4.71. The number of anilines is 6. The van der Waals surface area contributed by atoms with Gasteiger partial charge in [-0.15, -0.1) is 0 Å². The first-order valence-electron chi connectivity index (χ1n) is 30.1. The SMILES string of the molecule is CC1(C)c2cc(C=Cc3ccc(-c4c5ccccc5c(-c5ccc(C=Cc6ccc7c(c6)C(C)(C)c6cc(N(c8ccccc8)c8ccccc8)ccc6-7)cc5)c5ccccc45)cc3)ccc2-c2ccc(N(c3ccccc3)c3ccccc3)cc21. The summed E-state index contributed by atoms with van der Waals surface area (Å²) in [6.07, 6.45) is 9.03. The lowest BCUT2D eigenvalue weighted by molar-refractivity contribution is 0.660. The molecular weight excluding hydrogens is 1040 g/mol. The van der Waals surface area contributed by atoms with Crippen LogP contribution in [0.15, 0.2) is 291 Å². The Balaban J connectivity index is 0.676. The zero-order chi connectivity index (χ0) is 57.9. The maximum atomic E-state index is 2.40. The van der Waals surface area contributed by atoms with Crippen LogP contribution in [0.2, 0.25) is 0 Å². The van der Waals surface area contributed by atoms with E-state index in [9.17, 15) is 0 Å². The van der Waals surface area contributed by atoms with Gasteiger partial charge in [0.25, 0.3) is 0 Å². The highest BCUT2D eigenvalue weighted by Crippen LogP contribution is 2.53. The first kappa shape index (κ1) is 52.3. The molecule has 410 valence electrons. The van der Waals surface area contributed by atoms with Gasteiger partial charge in [0.2, 0.25) is 0 Å². The molecule has 0 N–H and O–H groups in total. The number of para-hydroxylation sites is 4. The normalized spacial score (nSPS) is 13.4. The Morgan fingerprint density at radius 1 is 0.233 bits per heavy atom. The summed E-state index contributed by atoms with van der Waals surface area (Å²) in [5.74, 6) is 0. The van der Waals surface area contributed by atoms with Crippen LogP contribution in [0.4, 0.5) is 34.1 Å². The van der Waals surface area contributed by atoms with Crippen LogP contribution >= 0.6 is 0 Å². The average Bonchev–Trinajstić information content (AvgIpc) is 1.72. The molecule has 86 heavy (non-hydrogen) atoms. The van der Waals surface area contributed by atoms with Gasteiger partial charge >= 0.3 is 0 Å². The molecule has 2 aliphatic carbocycles. The molecule has 0 spiro atoms. The van der Waals surface area contributed by atoms with E-state index < -0.39 is 0 Å². The van der Waals surface area contributed by atoms with E-state index in [0.717, 1.165) is 45.3 Å². The van der Waals surface area contributed by atoms with Crippen LogP contribution in [-0.2, 0) is 10.8 Å². The lowest BCUT2D eigenvalue weighted by Crippen LogP contribution is -2.16. The maximum Gasteiger partial charge on any atom is 0.0465 e. The predicted molar refractivity (Wildman–Crippen MR) is 368 cm³/mol. The molecule has 0 atom stereocenters. The van der Waals surface area contributed by atoms with Crippen LogP contribution in [0.3, 0.4) is 0 Å². The number of hydrogen-bond acceptors (Lipinski definition) is 2. The van der Waals surface area contributed by atoms with E-state index in [0.29, 0.717) is 0 Å². The van der Waals surface area contributed by atoms with Gasteiger partial charge in [-0.2, -0.15) is 0 Å². The first-order chi connectivity index (χ1) is 42.2. The van der Waals surface area contributed by atoms with Gasteiger partial charge in [0, 0.05) is 45.0 Å². The second-order valence-corrected chi connectivity index (χ2v) is 24.1. The molecule has 0 radical (unpaired) electrons. The predicted octanol–water partition coefficient (Wildman–Crippen LogP) is 23.2. The van der Waals surface area contributed by atoms with E-state index in [-0.39, 0.29) is 10.8 Å². The zero-order valence-electron chi connectivity index (χ0n) is 48.9. The van der Waals surface area contributed by atoms with Gasteiger partial charge < -0.3 is 9.80 Å². The largest absolute Gasteiger partial charge is 0.310 e. The van der Waals surface area contributed by atoms with Crippen LogP contribution in [0.1, 0.15) is 72.2 Å². The molecule has 0 saturated heterocycles. The lowest BCUT2D eigenvalue weighted by Gasteiger charge is -2.28. The van der Waals surface area contributed by atoms with Gasteiger partial charge in [-0.1, -0.05) is 270 Å².